The van der Waals surface area contributed by atoms with Gasteiger partial charge in [-0.3, -0.25) is 0 Å². The molecule has 0 radical (unpaired) electrons. The second-order valence-electron chi connectivity index (χ2n) is 5.42. The fourth-order valence-electron chi connectivity index (χ4n) is 2.79. The number of oxazole rings is 1. The first-order valence-corrected chi connectivity index (χ1v) is 7.32. The molecule has 0 spiro atoms. The molecule has 0 amide bonds. The van der Waals surface area contributed by atoms with Crippen LogP contribution in [0.5, 0.6) is 5.88 Å². The molecular formula is C16H20N2O2. The second-order valence-corrected chi connectivity index (χ2v) is 5.42. The molecule has 1 heterocycles. The second kappa shape index (κ2) is 5.99. The van der Waals surface area contributed by atoms with Crippen LogP contribution in [-0.4, -0.2) is 16.6 Å². The predicted octanol–water partition coefficient (Wildman–Crippen LogP) is 4.04. The van der Waals surface area contributed by atoms with Gasteiger partial charge in [-0.05, 0) is 18.8 Å². The molecule has 0 bridgehead atoms. The Hall–Kier alpha value is -1.97. The Bertz CT molecular complexity index is 545. The molecule has 0 atom stereocenters. The number of hydrogen-bond donors (Lipinski definition) is 2. The van der Waals surface area contributed by atoms with Gasteiger partial charge in [-0.2, -0.15) is 4.98 Å². The average molecular weight is 272 g/mol. The fourth-order valence-corrected chi connectivity index (χ4v) is 2.79. The van der Waals surface area contributed by atoms with Crippen molar-refractivity contribution >= 4 is 6.01 Å². The molecule has 20 heavy (non-hydrogen) atoms. The van der Waals surface area contributed by atoms with E-state index < -0.39 is 0 Å². The van der Waals surface area contributed by atoms with Crippen LogP contribution in [0, 0.1) is 5.92 Å². The Morgan fingerprint density at radius 3 is 2.65 bits per heavy atom. The van der Waals surface area contributed by atoms with Gasteiger partial charge < -0.3 is 14.8 Å². The lowest BCUT2D eigenvalue weighted by Gasteiger charge is -2.21. The Labute approximate surface area is 118 Å². The largest absolute Gasteiger partial charge is 0.490 e. The summed E-state index contributed by atoms with van der Waals surface area (Å²) in [4.78, 5) is 4.05. The lowest BCUT2D eigenvalue weighted by molar-refractivity contribution is 0.371. The van der Waals surface area contributed by atoms with Crippen LogP contribution in [0.3, 0.4) is 0 Å². The number of rotatable bonds is 4. The lowest BCUT2D eigenvalue weighted by atomic mass is 9.89. The van der Waals surface area contributed by atoms with Gasteiger partial charge in [0.2, 0.25) is 0 Å². The van der Waals surface area contributed by atoms with Crippen LogP contribution in [0.2, 0.25) is 0 Å². The quantitative estimate of drug-likeness (QED) is 0.882. The number of nitrogens with zero attached hydrogens (tertiary/aromatic N) is 1. The highest BCUT2D eigenvalue weighted by atomic mass is 16.4. The zero-order valence-corrected chi connectivity index (χ0v) is 11.5. The third-order valence-corrected chi connectivity index (χ3v) is 3.91. The summed E-state index contributed by atoms with van der Waals surface area (Å²) in [5.74, 6) is 1.07. The van der Waals surface area contributed by atoms with E-state index in [9.17, 15) is 5.11 Å². The minimum atomic E-state index is -0.0534. The summed E-state index contributed by atoms with van der Waals surface area (Å²) in [6.45, 7) is 0.869. The maximum atomic E-state index is 9.88. The molecule has 2 N–H and O–H groups in total. The molecule has 1 aromatic heterocycles. The Kier molecular flexibility index (Phi) is 3.90. The highest BCUT2D eigenvalue weighted by Crippen LogP contribution is 2.32. The van der Waals surface area contributed by atoms with Crippen molar-refractivity contribution < 1.29 is 9.52 Å². The molecular weight excluding hydrogens is 252 g/mol. The first-order chi connectivity index (χ1) is 9.83. The minimum Gasteiger partial charge on any atom is -0.490 e. The van der Waals surface area contributed by atoms with E-state index >= 15 is 0 Å². The Morgan fingerprint density at radius 1 is 1.15 bits per heavy atom. The highest BCUT2D eigenvalue weighted by molar-refractivity contribution is 5.63. The van der Waals surface area contributed by atoms with Crippen LogP contribution in [-0.2, 0) is 0 Å². The van der Waals surface area contributed by atoms with E-state index in [-0.39, 0.29) is 5.88 Å². The van der Waals surface area contributed by atoms with E-state index in [0.717, 1.165) is 12.1 Å². The van der Waals surface area contributed by atoms with Crippen molar-refractivity contribution in [3.05, 3.63) is 30.3 Å². The van der Waals surface area contributed by atoms with Gasteiger partial charge in [0, 0.05) is 12.1 Å². The smallest absolute Gasteiger partial charge is 0.298 e. The molecule has 0 saturated heterocycles. The SMILES string of the molecule is Oc1nc(NCC2CCCCC2)oc1-c1ccccc1. The van der Waals surface area contributed by atoms with Gasteiger partial charge in [0.05, 0.1) is 0 Å². The number of benzene rings is 1. The van der Waals surface area contributed by atoms with Crippen molar-refractivity contribution in [3.8, 4) is 17.2 Å². The Balaban J connectivity index is 1.66. The van der Waals surface area contributed by atoms with Gasteiger partial charge in [-0.25, -0.2) is 0 Å². The summed E-state index contributed by atoms with van der Waals surface area (Å²) in [5, 5.41) is 13.1. The highest BCUT2D eigenvalue weighted by Gasteiger charge is 2.17. The van der Waals surface area contributed by atoms with Crippen molar-refractivity contribution in [2.45, 2.75) is 32.1 Å². The number of aromatic nitrogens is 1. The molecule has 2 aromatic rings. The normalized spacial score (nSPS) is 16.2. The minimum absolute atomic E-state index is 0.0534. The summed E-state index contributed by atoms with van der Waals surface area (Å²) in [7, 11) is 0. The molecule has 4 heteroatoms. The third-order valence-electron chi connectivity index (χ3n) is 3.91. The zero-order chi connectivity index (χ0) is 13.8. The molecule has 0 aliphatic heterocycles. The van der Waals surface area contributed by atoms with Crippen molar-refractivity contribution in [3.63, 3.8) is 0 Å². The van der Waals surface area contributed by atoms with Crippen LogP contribution in [0.15, 0.2) is 34.7 Å². The van der Waals surface area contributed by atoms with E-state index in [4.69, 9.17) is 4.42 Å². The van der Waals surface area contributed by atoms with Crippen LogP contribution in [0.4, 0.5) is 6.01 Å². The standard InChI is InChI=1S/C16H20N2O2/c19-15-14(13-9-5-2-6-10-13)20-16(18-15)17-11-12-7-3-1-4-8-12/h2,5-6,9-10,12,19H,1,3-4,7-8,11H2,(H,17,18). The van der Waals surface area contributed by atoms with E-state index in [1.807, 2.05) is 30.3 Å². The first kappa shape index (κ1) is 13.0. The fraction of sp³-hybridized carbons (Fsp3) is 0.438. The lowest BCUT2D eigenvalue weighted by Crippen LogP contribution is -2.17. The van der Waals surface area contributed by atoms with Gasteiger partial charge in [0.15, 0.2) is 5.76 Å². The van der Waals surface area contributed by atoms with Gasteiger partial charge in [-0.1, -0.05) is 49.6 Å². The van der Waals surface area contributed by atoms with Crippen molar-refractivity contribution in [2.24, 2.45) is 5.92 Å². The van der Waals surface area contributed by atoms with Crippen LogP contribution < -0.4 is 5.32 Å². The first-order valence-electron chi connectivity index (χ1n) is 7.32. The summed E-state index contributed by atoms with van der Waals surface area (Å²) in [6, 6.07) is 9.95. The van der Waals surface area contributed by atoms with E-state index in [0.29, 0.717) is 17.7 Å². The number of hydrogen-bond acceptors (Lipinski definition) is 4. The number of anilines is 1. The van der Waals surface area contributed by atoms with Crippen LogP contribution >= 0.6 is 0 Å². The van der Waals surface area contributed by atoms with Gasteiger partial charge in [0.1, 0.15) is 0 Å². The van der Waals surface area contributed by atoms with E-state index in [1.165, 1.54) is 32.1 Å². The topological polar surface area (TPSA) is 58.3 Å². The summed E-state index contributed by atoms with van der Waals surface area (Å²) < 4.78 is 5.62. The number of nitrogens with one attached hydrogen (secondary N) is 1. The maximum absolute atomic E-state index is 9.88. The molecule has 3 rings (SSSR count). The molecule has 1 saturated carbocycles. The number of aromatic hydroxyl groups is 1. The van der Waals surface area contributed by atoms with Crippen molar-refractivity contribution in [1.82, 2.24) is 4.98 Å². The molecule has 1 aliphatic carbocycles. The molecule has 0 unspecified atom stereocenters. The monoisotopic (exact) mass is 272 g/mol. The summed E-state index contributed by atoms with van der Waals surface area (Å²) in [6.07, 6.45) is 6.53. The van der Waals surface area contributed by atoms with Gasteiger partial charge >= 0.3 is 0 Å². The predicted molar refractivity (Wildman–Crippen MR) is 78.7 cm³/mol. The summed E-state index contributed by atoms with van der Waals surface area (Å²) >= 11 is 0. The van der Waals surface area contributed by atoms with Crippen LogP contribution in [0.25, 0.3) is 11.3 Å². The molecule has 1 aliphatic rings. The maximum Gasteiger partial charge on any atom is 0.298 e. The average Bonchev–Trinajstić information content (AvgIpc) is 2.88. The van der Waals surface area contributed by atoms with Crippen molar-refractivity contribution in [2.75, 3.05) is 11.9 Å². The van der Waals surface area contributed by atoms with Gasteiger partial charge in [0.25, 0.3) is 11.9 Å². The molecule has 106 valence electrons. The van der Waals surface area contributed by atoms with E-state index in [1.54, 1.807) is 0 Å². The Morgan fingerprint density at radius 2 is 1.90 bits per heavy atom. The zero-order valence-electron chi connectivity index (χ0n) is 11.5. The van der Waals surface area contributed by atoms with Crippen LogP contribution in [0.1, 0.15) is 32.1 Å². The third kappa shape index (κ3) is 2.95. The van der Waals surface area contributed by atoms with Crippen molar-refractivity contribution in [1.29, 1.82) is 0 Å². The summed E-state index contributed by atoms with van der Waals surface area (Å²) in [5.41, 5.74) is 0.836. The van der Waals surface area contributed by atoms with Gasteiger partial charge in [-0.15, -0.1) is 0 Å². The molecule has 1 aromatic carbocycles. The van der Waals surface area contributed by atoms with E-state index in [2.05, 4.69) is 10.3 Å². The molecule has 4 nitrogen and oxygen atoms in total. The molecule has 1 fully saturated rings.